The number of nitrogens with one attached hydrogen (secondary N) is 1. The molecule has 0 aliphatic heterocycles. The van der Waals surface area contributed by atoms with Crippen molar-refractivity contribution in [1.82, 2.24) is 14.9 Å². The summed E-state index contributed by atoms with van der Waals surface area (Å²) in [6.45, 7) is 8.22. The summed E-state index contributed by atoms with van der Waals surface area (Å²) < 4.78 is 2.24. The number of imidazole rings is 1. The Balaban J connectivity index is 2.33. The lowest BCUT2D eigenvalue weighted by Crippen LogP contribution is -2.41. The minimum Gasteiger partial charge on any atom is -0.335 e. The maximum absolute atomic E-state index is 9.28. The van der Waals surface area contributed by atoms with Gasteiger partial charge in [0.2, 0.25) is 0 Å². The van der Waals surface area contributed by atoms with Crippen LogP contribution >= 0.6 is 0 Å². The summed E-state index contributed by atoms with van der Waals surface area (Å²) in [5.74, 6) is 1.18. The first-order valence-corrected chi connectivity index (χ1v) is 7.81. The molecule has 1 unspecified atom stereocenters. The minimum absolute atomic E-state index is 0.378. The van der Waals surface area contributed by atoms with Gasteiger partial charge in [-0.05, 0) is 45.6 Å². The minimum atomic E-state index is -0.378. The van der Waals surface area contributed by atoms with E-state index in [0.29, 0.717) is 0 Å². The Hall–Kier alpha value is -1.34. The Morgan fingerprint density at radius 1 is 1.35 bits per heavy atom. The molecule has 112 valence electrons. The van der Waals surface area contributed by atoms with Crippen molar-refractivity contribution in [3.8, 4) is 6.07 Å². The van der Waals surface area contributed by atoms with Crippen molar-refractivity contribution in [2.75, 3.05) is 6.54 Å². The second-order valence-electron chi connectivity index (χ2n) is 5.61. The molecule has 20 heavy (non-hydrogen) atoms. The maximum Gasteiger partial charge on any atom is 0.108 e. The van der Waals surface area contributed by atoms with Crippen molar-refractivity contribution in [2.45, 2.75) is 71.4 Å². The van der Waals surface area contributed by atoms with Crippen LogP contribution in [0.5, 0.6) is 0 Å². The van der Waals surface area contributed by atoms with Crippen molar-refractivity contribution in [3.63, 3.8) is 0 Å². The van der Waals surface area contributed by atoms with Gasteiger partial charge in [0, 0.05) is 25.4 Å². The maximum atomic E-state index is 9.28. The van der Waals surface area contributed by atoms with Crippen LogP contribution in [0.2, 0.25) is 0 Å². The lowest BCUT2D eigenvalue weighted by molar-refractivity contribution is 0.395. The molecular weight excluding hydrogens is 248 g/mol. The Morgan fingerprint density at radius 2 is 2.15 bits per heavy atom. The van der Waals surface area contributed by atoms with Gasteiger partial charge in [0.15, 0.2) is 0 Å². The summed E-state index contributed by atoms with van der Waals surface area (Å²) in [6, 6.07) is 2.41. The molecule has 1 N–H and O–H groups in total. The van der Waals surface area contributed by atoms with Crippen LogP contribution in [0.4, 0.5) is 0 Å². The SMILES string of the molecule is CCCNC(C)(C#N)CCCCn1ccnc1CCC. The number of rotatable bonds is 10. The normalized spacial score (nSPS) is 13.9. The fraction of sp³-hybridized carbons (Fsp3) is 0.750. The van der Waals surface area contributed by atoms with Crippen LogP contribution in [0.3, 0.4) is 0 Å². The molecule has 1 aromatic heterocycles. The Morgan fingerprint density at radius 3 is 2.80 bits per heavy atom. The van der Waals surface area contributed by atoms with Crippen molar-refractivity contribution >= 4 is 0 Å². The molecule has 0 bridgehead atoms. The summed E-state index contributed by atoms with van der Waals surface area (Å²) in [5.41, 5.74) is -0.378. The van der Waals surface area contributed by atoms with Crippen molar-refractivity contribution in [3.05, 3.63) is 18.2 Å². The van der Waals surface area contributed by atoms with Crippen LogP contribution in [0, 0.1) is 11.3 Å². The summed E-state index contributed by atoms with van der Waals surface area (Å²) in [6.07, 6.45) is 10.2. The van der Waals surface area contributed by atoms with E-state index in [1.54, 1.807) is 0 Å². The zero-order valence-corrected chi connectivity index (χ0v) is 13.2. The van der Waals surface area contributed by atoms with E-state index in [1.165, 1.54) is 5.82 Å². The molecule has 0 aromatic carbocycles. The second-order valence-corrected chi connectivity index (χ2v) is 5.61. The molecule has 1 atom stereocenters. The van der Waals surface area contributed by atoms with E-state index in [1.807, 2.05) is 13.1 Å². The van der Waals surface area contributed by atoms with Gasteiger partial charge in [-0.25, -0.2) is 4.98 Å². The quantitative estimate of drug-likeness (QED) is 0.667. The van der Waals surface area contributed by atoms with Gasteiger partial charge in [-0.15, -0.1) is 0 Å². The Bertz CT molecular complexity index is 418. The van der Waals surface area contributed by atoms with Crippen LogP contribution in [0.15, 0.2) is 12.4 Å². The van der Waals surface area contributed by atoms with Crippen LogP contribution in [0.1, 0.15) is 58.7 Å². The van der Waals surface area contributed by atoms with E-state index in [9.17, 15) is 5.26 Å². The number of unbranched alkanes of at least 4 members (excludes halogenated alkanes) is 1. The zero-order valence-electron chi connectivity index (χ0n) is 13.2. The third kappa shape index (κ3) is 5.34. The largest absolute Gasteiger partial charge is 0.335 e. The molecule has 1 heterocycles. The number of nitrogens with zero attached hydrogens (tertiary/aromatic N) is 3. The fourth-order valence-electron chi connectivity index (χ4n) is 2.34. The van der Waals surface area contributed by atoms with E-state index in [4.69, 9.17) is 0 Å². The highest BCUT2D eigenvalue weighted by Crippen LogP contribution is 2.14. The molecule has 0 saturated carbocycles. The van der Waals surface area contributed by atoms with E-state index < -0.39 is 0 Å². The van der Waals surface area contributed by atoms with Gasteiger partial charge < -0.3 is 4.57 Å². The predicted molar refractivity (Wildman–Crippen MR) is 82.4 cm³/mol. The smallest absolute Gasteiger partial charge is 0.108 e. The lowest BCUT2D eigenvalue weighted by Gasteiger charge is -2.23. The molecular formula is C16H28N4. The van der Waals surface area contributed by atoms with Crippen molar-refractivity contribution < 1.29 is 0 Å². The van der Waals surface area contributed by atoms with Gasteiger partial charge >= 0.3 is 0 Å². The number of nitriles is 1. The summed E-state index contributed by atoms with van der Waals surface area (Å²) in [7, 11) is 0. The Labute approximate surface area is 123 Å². The van der Waals surface area contributed by atoms with E-state index in [0.717, 1.165) is 51.6 Å². The predicted octanol–water partition coefficient (Wildman–Crippen LogP) is 3.29. The first kappa shape index (κ1) is 16.7. The molecule has 1 aromatic rings. The van der Waals surface area contributed by atoms with Crippen LogP contribution < -0.4 is 5.32 Å². The summed E-state index contributed by atoms with van der Waals surface area (Å²) >= 11 is 0. The summed E-state index contributed by atoms with van der Waals surface area (Å²) in [5, 5.41) is 12.6. The molecule has 0 spiro atoms. The zero-order chi connectivity index (χ0) is 14.8. The molecule has 0 aliphatic rings. The molecule has 0 radical (unpaired) electrons. The van der Waals surface area contributed by atoms with Gasteiger partial charge in [0.25, 0.3) is 0 Å². The Kier molecular flexibility index (Phi) is 7.32. The van der Waals surface area contributed by atoms with E-state index in [-0.39, 0.29) is 5.54 Å². The highest BCUT2D eigenvalue weighted by Gasteiger charge is 2.21. The standard InChI is InChI=1S/C16H28N4/c1-4-8-15-18-11-13-20(15)12-7-6-9-16(3,14-17)19-10-5-2/h11,13,19H,4-10,12H2,1-3H3. The summed E-state index contributed by atoms with van der Waals surface area (Å²) in [4.78, 5) is 4.39. The number of aromatic nitrogens is 2. The number of hydrogen-bond donors (Lipinski definition) is 1. The topological polar surface area (TPSA) is 53.6 Å². The highest BCUT2D eigenvalue weighted by atomic mass is 15.1. The third-order valence-electron chi connectivity index (χ3n) is 3.61. The second kappa shape index (κ2) is 8.76. The van der Waals surface area contributed by atoms with E-state index in [2.05, 4.69) is 41.0 Å². The molecule has 0 fully saturated rings. The fourth-order valence-corrected chi connectivity index (χ4v) is 2.34. The van der Waals surface area contributed by atoms with Gasteiger partial charge in [-0.2, -0.15) is 5.26 Å². The average molecular weight is 276 g/mol. The van der Waals surface area contributed by atoms with Crippen LogP contribution in [-0.2, 0) is 13.0 Å². The van der Waals surface area contributed by atoms with Gasteiger partial charge in [-0.3, -0.25) is 5.32 Å². The third-order valence-corrected chi connectivity index (χ3v) is 3.61. The van der Waals surface area contributed by atoms with E-state index >= 15 is 0 Å². The van der Waals surface area contributed by atoms with Crippen LogP contribution in [-0.4, -0.2) is 21.6 Å². The molecule has 0 aliphatic carbocycles. The molecule has 1 rings (SSSR count). The molecule has 0 amide bonds. The first-order valence-electron chi connectivity index (χ1n) is 7.81. The molecule has 4 heteroatoms. The first-order chi connectivity index (χ1) is 9.65. The highest BCUT2D eigenvalue weighted by molar-refractivity contribution is 5.03. The van der Waals surface area contributed by atoms with Crippen LogP contribution in [0.25, 0.3) is 0 Å². The molecule has 0 saturated heterocycles. The number of aryl methyl sites for hydroxylation is 2. The lowest BCUT2D eigenvalue weighted by atomic mass is 9.96. The number of hydrogen-bond acceptors (Lipinski definition) is 3. The van der Waals surface area contributed by atoms with Gasteiger partial charge in [0.05, 0.1) is 6.07 Å². The molecule has 4 nitrogen and oxygen atoms in total. The van der Waals surface area contributed by atoms with Gasteiger partial charge in [0.1, 0.15) is 11.4 Å². The van der Waals surface area contributed by atoms with Crippen molar-refractivity contribution in [1.29, 1.82) is 5.26 Å². The van der Waals surface area contributed by atoms with Gasteiger partial charge in [-0.1, -0.05) is 13.8 Å². The van der Waals surface area contributed by atoms with Crippen molar-refractivity contribution in [2.24, 2.45) is 0 Å². The average Bonchev–Trinajstić information content (AvgIpc) is 2.89. The monoisotopic (exact) mass is 276 g/mol.